The maximum Gasteiger partial charge on any atom is 0.414 e. The number of nitrogens with one attached hydrogen (secondary N) is 1. The van der Waals surface area contributed by atoms with Crippen molar-refractivity contribution < 1.29 is 24.2 Å². The van der Waals surface area contributed by atoms with E-state index in [0.717, 1.165) is 4.90 Å². The zero-order valence-electron chi connectivity index (χ0n) is 14.0. The molecule has 1 unspecified atom stereocenters. The quantitative estimate of drug-likeness (QED) is 0.819. The van der Waals surface area contributed by atoms with Crippen molar-refractivity contribution in [1.82, 2.24) is 4.90 Å². The highest BCUT2D eigenvalue weighted by Gasteiger charge is 2.36. The van der Waals surface area contributed by atoms with Gasteiger partial charge in [0.05, 0.1) is 23.9 Å². The molecule has 2 atom stereocenters. The Labute approximate surface area is 154 Å². The van der Waals surface area contributed by atoms with Crippen LogP contribution < -0.4 is 10.2 Å². The van der Waals surface area contributed by atoms with Gasteiger partial charge in [0.25, 0.3) is 0 Å². The van der Waals surface area contributed by atoms with Crippen molar-refractivity contribution in [2.24, 2.45) is 5.92 Å². The second-order valence-electron chi connectivity index (χ2n) is 6.72. The summed E-state index contributed by atoms with van der Waals surface area (Å²) in [5.41, 5.74) is 1.40. The summed E-state index contributed by atoms with van der Waals surface area (Å²) in [7, 11) is 0. The second-order valence-corrected chi connectivity index (χ2v) is 7.73. The first-order chi connectivity index (χ1) is 12.5. The van der Waals surface area contributed by atoms with Gasteiger partial charge in [0, 0.05) is 23.7 Å². The fourth-order valence-electron chi connectivity index (χ4n) is 3.55. The second kappa shape index (κ2) is 6.81. The molecular formula is C17H19N3O5S. The van der Waals surface area contributed by atoms with Crippen molar-refractivity contribution >= 4 is 41.1 Å². The number of hydrogen-bond donors (Lipinski definition) is 2. The van der Waals surface area contributed by atoms with E-state index in [4.69, 9.17) is 9.84 Å². The zero-order valence-corrected chi connectivity index (χ0v) is 14.8. The van der Waals surface area contributed by atoms with Crippen molar-refractivity contribution in [2.75, 3.05) is 42.1 Å². The lowest BCUT2D eigenvalue weighted by Crippen LogP contribution is -2.34. The van der Waals surface area contributed by atoms with E-state index >= 15 is 0 Å². The molecule has 0 saturated carbocycles. The average molecular weight is 377 g/mol. The molecule has 0 aliphatic carbocycles. The average Bonchev–Trinajstić information content (AvgIpc) is 3.21. The smallest absolute Gasteiger partial charge is 0.414 e. The van der Waals surface area contributed by atoms with Crippen LogP contribution in [0.25, 0.3) is 0 Å². The molecule has 2 amide bonds. The number of nitrogens with zero attached hydrogens (tertiary/aromatic N) is 2. The summed E-state index contributed by atoms with van der Waals surface area (Å²) in [5, 5.41) is 11.9. The number of carbonyl (C=O) groups is 3. The number of ether oxygens (including phenoxy) is 1. The SMILES string of the molecule is O=C1CSc2ccc(N3C[C@@H](CN4CCC(C(=O)O)C4)OC3=O)cc2N1. The number of fused-ring (bicyclic) bond motifs is 1. The van der Waals surface area contributed by atoms with Crippen LogP contribution in [0, 0.1) is 5.92 Å². The summed E-state index contributed by atoms with van der Waals surface area (Å²) in [4.78, 5) is 39.5. The molecule has 2 saturated heterocycles. The van der Waals surface area contributed by atoms with E-state index in [1.54, 1.807) is 11.0 Å². The minimum atomic E-state index is -0.772. The van der Waals surface area contributed by atoms with Gasteiger partial charge < -0.3 is 15.2 Å². The van der Waals surface area contributed by atoms with Crippen LogP contribution in [0.4, 0.5) is 16.2 Å². The summed E-state index contributed by atoms with van der Waals surface area (Å²) in [6.07, 6.45) is -0.0872. The van der Waals surface area contributed by atoms with Gasteiger partial charge >= 0.3 is 12.1 Å². The van der Waals surface area contributed by atoms with Crippen LogP contribution in [0.1, 0.15) is 6.42 Å². The Kier molecular flexibility index (Phi) is 4.49. The van der Waals surface area contributed by atoms with Crippen molar-refractivity contribution in [3.63, 3.8) is 0 Å². The molecular weight excluding hydrogens is 358 g/mol. The van der Waals surface area contributed by atoms with Crippen LogP contribution in [0.2, 0.25) is 0 Å². The molecule has 2 N–H and O–H groups in total. The maximum atomic E-state index is 12.3. The predicted octanol–water partition coefficient (Wildman–Crippen LogP) is 1.46. The predicted molar refractivity (Wildman–Crippen MR) is 95.6 cm³/mol. The highest BCUT2D eigenvalue weighted by Crippen LogP contribution is 2.35. The monoisotopic (exact) mass is 377 g/mol. The van der Waals surface area contributed by atoms with Gasteiger partial charge in [0.1, 0.15) is 6.10 Å². The van der Waals surface area contributed by atoms with Gasteiger partial charge in [-0.25, -0.2) is 4.79 Å². The number of anilines is 2. The van der Waals surface area contributed by atoms with E-state index in [-0.39, 0.29) is 17.9 Å². The van der Waals surface area contributed by atoms with Gasteiger partial charge in [-0.05, 0) is 31.2 Å². The number of likely N-dealkylation sites (tertiary alicyclic amines) is 1. The minimum absolute atomic E-state index is 0.0523. The summed E-state index contributed by atoms with van der Waals surface area (Å²) < 4.78 is 5.46. The largest absolute Gasteiger partial charge is 0.481 e. The van der Waals surface area contributed by atoms with Crippen LogP contribution >= 0.6 is 11.8 Å². The lowest BCUT2D eigenvalue weighted by molar-refractivity contribution is -0.141. The van der Waals surface area contributed by atoms with Gasteiger partial charge in [-0.1, -0.05) is 0 Å². The number of benzene rings is 1. The topological polar surface area (TPSA) is 99.2 Å². The standard InChI is InChI=1S/C17H19N3O5S/c21-15-9-26-14-2-1-11(5-13(14)18-15)20-8-12(25-17(20)24)7-19-4-3-10(6-19)16(22)23/h1-2,5,10,12H,3-4,6-9H2,(H,18,21)(H,22,23)/t10?,12-/m1/s1. The fourth-order valence-corrected chi connectivity index (χ4v) is 4.34. The molecule has 138 valence electrons. The van der Waals surface area contributed by atoms with Gasteiger partial charge in [0.2, 0.25) is 5.91 Å². The van der Waals surface area contributed by atoms with Gasteiger partial charge in [0.15, 0.2) is 0 Å². The lowest BCUT2D eigenvalue weighted by atomic mass is 10.1. The number of aliphatic carboxylic acids is 1. The normalized spacial score (nSPS) is 25.8. The zero-order chi connectivity index (χ0) is 18.3. The summed E-state index contributed by atoms with van der Waals surface area (Å²) in [5.74, 6) is -0.770. The minimum Gasteiger partial charge on any atom is -0.481 e. The van der Waals surface area contributed by atoms with E-state index in [9.17, 15) is 14.4 Å². The molecule has 26 heavy (non-hydrogen) atoms. The molecule has 2 fully saturated rings. The lowest BCUT2D eigenvalue weighted by Gasteiger charge is -2.20. The van der Waals surface area contributed by atoms with Crippen LogP contribution in [-0.2, 0) is 14.3 Å². The Morgan fingerprint density at radius 1 is 1.35 bits per heavy atom. The molecule has 3 heterocycles. The van der Waals surface area contributed by atoms with Crippen molar-refractivity contribution in [3.05, 3.63) is 18.2 Å². The Bertz CT molecular complexity index is 771. The number of carboxylic acids is 1. The number of hydrogen-bond acceptors (Lipinski definition) is 6. The number of amides is 2. The van der Waals surface area contributed by atoms with Gasteiger partial charge in [-0.2, -0.15) is 0 Å². The first-order valence-corrected chi connectivity index (χ1v) is 9.48. The van der Waals surface area contributed by atoms with Crippen LogP contribution in [0.3, 0.4) is 0 Å². The summed E-state index contributed by atoms with van der Waals surface area (Å²) >= 11 is 1.47. The number of thioether (sulfide) groups is 1. The summed E-state index contributed by atoms with van der Waals surface area (Å²) in [6.45, 7) is 2.13. The molecule has 9 heteroatoms. The maximum absolute atomic E-state index is 12.3. The van der Waals surface area contributed by atoms with E-state index in [0.29, 0.717) is 49.7 Å². The van der Waals surface area contributed by atoms with E-state index in [1.807, 2.05) is 17.0 Å². The van der Waals surface area contributed by atoms with E-state index in [2.05, 4.69) is 5.32 Å². The van der Waals surface area contributed by atoms with Crippen LogP contribution in [-0.4, -0.2) is 66.0 Å². The molecule has 3 aliphatic heterocycles. The molecule has 0 bridgehead atoms. The summed E-state index contributed by atoms with van der Waals surface area (Å²) in [6, 6.07) is 5.54. The van der Waals surface area contributed by atoms with E-state index < -0.39 is 12.1 Å². The highest BCUT2D eigenvalue weighted by atomic mass is 32.2. The Hall–Kier alpha value is -2.26. The molecule has 1 aromatic carbocycles. The highest BCUT2D eigenvalue weighted by molar-refractivity contribution is 8.00. The first kappa shape index (κ1) is 17.2. The number of carbonyl (C=O) groups excluding carboxylic acids is 2. The number of rotatable bonds is 4. The third-order valence-electron chi connectivity index (χ3n) is 4.87. The van der Waals surface area contributed by atoms with Gasteiger partial charge in [-0.3, -0.25) is 19.4 Å². The molecule has 0 radical (unpaired) electrons. The Morgan fingerprint density at radius 3 is 2.96 bits per heavy atom. The Balaban J connectivity index is 1.41. The van der Waals surface area contributed by atoms with Crippen molar-refractivity contribution in [3.8, 4) is 0 Å². The Morgan fingerprint density at radius 2 is 2.19 bits per heavy atom. The third-order valence-corrected chi connectivity index (χ3v) is 5.94. The molecule has 0 spiro atoms. The molecule has 0 aromatic heterocycles. The molecule has 3 aliphatic rings. The molecule has 4 rings (SSSR count). The molecule has 1 aromatic rings. The van der Waals surface area contributed by atoms with Crippen LogP contribution in [0.5, 0.6) is 0 Å². The van der Waals surface area contributed by atoms with Crippen molar-refractivity contribution in [1.29, 1.82) is 0 Å². The van der Waals surface area contributed by atoms with Crippen LogP contribution in [0.15, 0.2) is 23.1 Å². The fraction of sp³-hybridized carbons (Fsp3) is 0.471. The van der Waals surface area contributed by atoms with E-state index in [1.165, 1.54) is 11.8 Å². The number of carboxylic acid groups (broad SMARTS) is 1. The first-order valence-electron chi connectivity index (χ1n) is 8.49. The van der Waals surface area contributed by atoms with Gasteiger partial charge in [-0.15, -0.1) is 11.8 Å². The molecule has 8 nitrogen and oxygen atoms in total. The third kappa shape index (κ3) is 3.36. The number of cyclic esters (lactones) is 1. The van der Waals surface area contributed by atoms with Crippen molar-refractivity contribution in [2.45, 2.75) is 17.4 Å².